The Morgan fingerprint density at radius 3 is 2.41 bits per heavy atom. The van der Waals surface area contributed by atoms with Crippen LogP contribution in [0, 0.1) is 0 Å². The normalized spacial score (nSPS) is 15.1. The van der Waals surface area contributed by atoms with Crippen molar-refractivity contribution in [1.29, 1.82) is 0 Å². The highest BCUT2D eigenvalue weighted by Crippen LogP contribution is 2.21. The summed E-state index contributed by atoms with van der Waals surface area (Å²) in [5, 5.41) is 2.80. The summed E-state index contributed by atoms with van der Waals surface area (Å²) < 4.78 is 32.5. The molecule has 1 N–H and O–H groups in total. The van der Waals surface area contributed by atoms with Crippen LogP contribution in [0.2, 0.25) is 0 Å². The molecule has 0 aliphatic carbocycles. The van der Waals surface area contributed by atoms with Crippen molar-refractivity contribution < 1.29 is 17.9 Å². The van der Waals surface area contributed by atoms with Gasteiger partial charge >= 0.3 is 0 Å². The monoisotopic (exact) mass is 416 g/mol. The molecule has 6 nitrogen and oxygen atoms in total. The van der Waals surface area contributed by atoms with Crippen molar-refractivity contribution in [3.05, 3.63) is 59.7 Å². The van der Waals surface area contributed by atoms with Crippen molar-refractivity contribution in [3.63, 3.8) is 0 Å². The molecule has 0 atom stereocenters. The maximum Gasteiger partial charge on any atom is 0.258 e. The summed E-state index contributed by atoms with van der Waals surface area (Å²) >= 11 is 0. The molecule has 1 heterocycles. The molecule has 0 bridgehead atoms. The molecule has 0 aromatic heterocycles. The fourth-order valence-corrected chi connectivity index (χ4v) is 4.88. The van der Waals surface area contributed by atoms with Gasteiger partial charge in [0, 0.05) is 19.6 Å². The van der Waals surface area contributed by atoms with Crippen molar-refractivity contribution in [3.8, 4) is 5.75 Å². The van der Waals surface area contributed by atoms with Crippen molar-refractivity contribution >= 4 is 15.9 Å². The smallest absolute Gasteiger partial charge is 0.258 e. The number of nitrogens with zero attached hydrogens (tertiary/aromatic N) is 1. The minimum atomic E-state index is -3.43. The number of hydrogen-bond donors (Lipinski definition) is 1. The van der Waals surface area contributed by atoms with Crippen molar-refractivity contribution in [2.45, 2.75) is 44.0 Å². The molecular weight excluding hydrogens is 388 g/mol. The van der Waals surface area contributed by atoms with E-state index in [0.29, 0.717) is 24.5 Å². The second-order valence-electron chi connectivity index (χ2n) is 7.14. The zero-order valence-corrected chi connectivity index (χ0v) is 17.6. The van der Waals surface area contributed by atoms with E-state index in [4.69, 9.17) is 4.74 Å². The Morgan fingerprint density at radius 2 is 1.72 bits per heavy atom. The number of aryl methyl sites for hydroxylation is 1. The summed E-state index contributed by atoms with van der Waals surface area (Å²) in [5.41, 5.74) is 1.90. The van der Waals surface area contributed by atoms with Gasteiger partial charge in [-0.05, 0) is 48.6 Å². The van der Waals surface area contributed by atoms with E-state index in [1.807, 2.05) is 31.2 Å². The van der Waals surface area contributed by atoms with Crippen LogP contribution in [0.4, 0.5) is 0 Å². The number of benzene rings is 2. The highest BCUT2D eigenvalue weighted by atomic mass is 32.2. The Kier molecular flexibility index (Phi) is 7.28. The third-order valence-electron chi connectivity index (χ3n) is 5.08. The molecule has 0 saturated carbocycles. The van der Waals surface area contributed by atoms with Crippen LogP contribution in [0.15, 0.2) is 53.4 Å². The molecule has 0 radical (unpaired) electrons. The second-order valence-corrected chi connectivity index (χ2v) is 9.07. The Labute approximate surface area is 172 Å². The SMILES string of the molecule is CCc1ccccc1OCC(=O)NCc1ccc(S(=O)(=O)N2CCCCC2)cc1. The summed E-state index contributed by atoms with van der Waals surface area (Å²) in [6.45, 7) is 3.47. The standard InChI is InChI=1S/C22H28N2O4S/c1-2-19-8-4-5-9-21(19)28-17-22(25)23-16-18-10-12-20(13-11-18)29(26,27)24-14-6-3-7-15-24/h4-5,8-13H,2-3,6-7,14-17H2,1H3,(H,23,25). The molecule has 156 valence electrons. The first-order valence-electron chi connectivity index (χ1n) is 10.1. The summed E-state index contributed by atoms with van der Waals surface area (Å²) in [6, 6.07) is 14.4. The topological polar surface area (TPSA) is 75.7 Å². The van der Waals surface area contributed by atoms with Crippen LogP contribution in [0.1, 0.15) is 37.3 Å². The van der Waals surface area contributed by atoms with E-state index in [2.05, 4.69) is 5.32 Å². The van der Waals surface area contributed by atoms with Gasteiger partial charge in [0.1, 0.15) is 5.75 Å². The molecule has 3 rings (SSSR count). The van der Waals surface area contributed by atoms with E-state index >= 15 is 0 Å². The molecule has 1 aliphatic rings. The van der Waals surface area contributed by atoms with Crippen LogP contribution < -0.4 is 10.1 Å². The summed E-state index contributed by atoms with van der Waals surface area (Å²) in [4.78, 5) is 12.4. The highest BCUT2D eigenvalue weighted by Gasteiger charge is 2.25. The first-order chi connectivity index (χ1) is 14.0. The quantitative estimate of drug-likeness (QED) is 0.717. The van der Waals surface area contributed by atoms with Gasteiger partial charge in [0.2, 0.25) is 10.0 Å². The molecule has 0 unspecified atom stereocenters. The number of rotatable bonds is 8. The maximum absolute atomic E-state index is 12.7. The Bertz CT molecular complexity index is 920. The largest absolute Gasteiger partial charge is 0.483 e. The Hall–Kier alpha value is -2.38. The predicted octanol–water partition coefficient (Wildman–Crippen LogP) is 3.12. The lowest BCUT2D eigenvalue weighted by Gasteiger charge is -2.25. The number of carbonyl (C=O) groups is 1. The second kappa shape index (κ2) is 9.89. The van der Waals surface area contributed by atoms with Gasteiger partial charge in [0.15, 0.2) is 6.61 Å². The molecule has 2 aromatic carbocycles. The van der Waals surface area contributed by atoms with Crippen molar-refractivity contribution in [1.82, 2.24) is 9.62 Å². The van der Waals surface area contributed by atoms with E-state index in [1.165, 1.54) is 0 Å². The third kappa shape index (κ3) is 5.58. The summed E-state index contributed by atoms with van der Waals surface area (Å²) in [5.74, 6) is 0.498. The minimum absolute atomic E-state index is 0.0571. The maximum atomic E-state index is 12.7. The fourth-order valence-electron chi connectivity index (χ4n) is 3.37. The number of para-hydroxylation sites is 1. The molecule has 0 spiro atoms. The van der Waals surface area contributed by atoms with Gasteiger partial charge in [-0.3, -0.25) is 4.79 Å². The van der Waals surface area contributed by atoms with Gasteiger partial charge in [-0.15, -0.1) is 0 Å². The van der Waals surface area contributed by atoms with Gasteiger partial charge < -0.3 is 10.1 Å². The molecule has 1 fully saturated rings. The van der Waals surface area contributed by atoms with Crippen LogP contribution in [-0.2, 0) is 27.8 Å². The minimum Gasteiger partial charge on any atom is -0.483 e. The average Bonchev–Trinajstić information content (AvgIpc) is 2.77. The lowest BCUT2D eigenvalue weighted by molar-refractivity contribution is -0.123. The number of nitrogens with one attached hydrogen (secondary N) is 1. The summed E-state index contributed by atoms with van der Waals surface area (Å²) in [7, 11) is -3.43. The number of sulfonamides is 1. The highest BCUT2D eigenvalue weighted by molar-refractivity contribution is 7.89. The lowest BCUT2D eigenvalue weighted by Crippen LogP contribution is -2.35. The number of carbonyl (C=O) groups excluding carboxylic acids is 1. The molecule has 29 heavy (non-hydrogen) atoms. The van der Waals surface area contributed by atoms with Gasteiger partial charge in [0.25, 0.3) is 5.91 Å². The van der Waals surface area contributed by atoms with E-state index in [1.54, 1.807) is 28.6 Å². The predicted molar refractivity (Wildman–Crippen MR) is 112 cm³/mol. The van der Waals surface area contributed by atoms with Crippen LogP contribution in [0.25, 0.3) is 0 Å². The van der Waals surface area contributed by atoms with Gasteiger partial charge in [-0.25, -0.2) is 8.42 Å². The van der Waals surface area contributed by atoms with Gasteiger partial charge in [0.05, 0.1) is 4.90 Å². The Morgan fingerprint density at radius 1 is 1.03 bits per heavy atom. The van der Waals surface area contributed by atoms with Crippen molar-refractivity contribution in [2.75, 3.05) is 19.7 Å². The number of hydrogen-bond acceptors (Lipinski definition) is 4. The Balaban J connectivity index is 1.51. The van der Waals surface area contributed by atoms with E-state index in [9.17, 15) is 13.2 Å². The number of ether oxygens (including phenoxy) is 1. The third-order valence-corrected chi connectivity index (χ3v) is 6.99. The summed E-state index contributed by atoms with van der Waals surface area (Å²) in [6.07, 6.45) is 3.74. The van der Waals surface area contributed by atoms with Crippen LogP contribution in [0.3, 0.4) is 0 Å². The first kappa shape index (κ1) is 21.3. The molecule has 1 amide bonds. The fraction of sp³-hybridized carbons (Fsp3) is 0.409. The van der Waals surface area contributed by atoms with Crippen LogP contribution in [0.5, 0.6) is 5.75 Å². The zero-order valence-electron chi connectivity index (χ0n) is 16.8. The van der Waals surface area contributed by atoms with Crippen LogP contribution >= 0.6 is 0 Å². The van der Waals surface area contributed by atoms with E-state index in [0.717, 1.165) is 42.6 Å². The molecule has 7 heteroatoms. The first-order valence-corrected chi connectivity index (χ1v) is 11.5. The number of amides is 1. The molecule has 2 aromatic rings. The van der Waals surface area contributed by atoms with E-state index < -0.39 is 10.0 Å². The zero-order chi connectivity index (χ0) is 20.7. The van der Waals surface area contributed by atoms with Gasteiger partial charge in [-0.1, -0.05) is 43.7 Å². The average molecular weight is 417 g/mol. The number of piperidine rings is 1. The molecule has 1 saturated heterocycles. The lowest BCUT2D eigenvalue weighted by atomic mass is 10.1. The molecular formula is C22H28N2O4S. The molecule has 1 aliphatic heterocycles. The van der Waals surface area contributed by atoms with Crippen molar-refractivity contribution in [2.24, 2.45) is 0 Å². The van der Waals surface area contributed by atoms with Gasteiger partial charge in [-0.2, -0.15) is 4.31 Å². The van der Waals surface area contributed by atoms with Crippen LogP contribution in [-0.4, -0.2) is 38.3 Å². The van der Waals surface area contributed by atoms with E-state index in [-0.39, 0.29) is 12.5 Å².